The fourth-order valence-corrected chi connectivity index (χ4v) is 6.07. The summed E-state index contributed by atoms with van der Waals surface area (Å²) in [5, 5.41) is 4.23. The lowest BCUT2D eigenvalue weighted by atomic mass is 9.87. The molecule has 46 heavy (non-hydrogen) atoms. The fourth-order valence-electron chi connectivity index (χ4n) is 6.07. The highest BCUT2D eigenvalue weighted by Gasteiger charge is 2.24. The number of para-hydroxylation sites is 1. The Morgan fingerprint density at radius 1 is 0.913 bits per heavy atom. The molecule has 1 aromatic heterocycles. The Balaban J connectivity index is 1.30. The molecule has 1 unspecified atom stereocenters. The number of morpholine rings is 1. The molecule has 2 heterocycles. The summed E-state index contributed by atoms with van der Waals surface area (Å²) in [5.74, 6) is 0.729. The minimum atomic E-state index is -0.258. The molecule has 0 aliphatic carbocycles. The van der Waals surface area contributed by atoms with Gasteiger partial charge in [0.2, 0.25) is 5.91 Å². The maximum atomic E-state index is 13.6. The van der Waals surface area contributed by atoms with Crippen molar-refractivity contribution in [3.63, 3.8) is 0 Å². The van der Waals surface area contributed by atoms with Gasteiger partial charge in [0.25, 0.3) is 0 Å². The van der Waals surface area contributed by atoms with Crippen molar-refractivity contribution in [3.8, 4) is 11.5 Å². The van der Waals surface area contributed by atoms with Gasteiger partial charge in [-0.25, -0.2) is 4.39 Å². The van der Waals surface area contributed by atoms with Crippen molar-refractivity contribution in [3.05, 3.63) is 131 Å². The molecule has 0 radical (unpaired) electrons. The first-order valence-corrected chi connectivity index (χ1v) is 15.8. The maximum absolute atomic E-state index is 13.6. The van der Waals surface area contributed by atoms with E-state index in [4.69, 9.17) is 14.2 Å². The van der Waals surface area contributed by atoms with Gasteiger partial charge in [-0.2, -0.15) is 0 Å². The molecule has 1 aliphatic heterocycles. The quantitative estimate of drug-likeness (QED) is 0.165. The van der Waals surface area contributed by atoms with Gasteiger partial charge in [-0.3, -0.25) is 9.69 Å². The van der Waals surface area contributed by atoms with E-state index in [2.05, 4.69) is 33.1 Å². The van der Waals surface area contributed by atoms with Crippen LogP contribution in [-0.2, 0) is 22.7 Å². The summed E-state index contributed by atoms with van der Waals surface area (Å²) in [6, 6.07) is 30.8. The lowest BCUT2D eigenvalue weighted by molar-refractivity contribution is -0.121. The number of ether oxygens (including phenoxy) is 3. The molecule has 1 aliphatic rings. The average Bonchev–Trinajstić information content (AvgIpc) is 3.46. The van der Waals surface area contributed by atoms with E-state index in [-0.39, 0.29) is 24.1 Å². The van der Waals surface area contributed by atoms with E-state index in [0.29, 0.717) is 31.2 Å². The smallest absolute Gasteiger partial charge is 0.220 e. The Hall–Kier alpha value is -4.66. The Kier molecular flexibility index (Phi) is 10.3. The summed E-state index contributed by atoms with van der Waals surface area (Å²) >= 11 is 0. The van der Waals surface area contributed by atoms with Crippen LogP contribution in [0, 0.1) is 5.82 Å². The first-order chi connectivity index (χ1) is 22.6. The number of benzene rings is 4. The third-order valence-corrected chi connectivity index (χ3v) is 8.53. The van der Waals surface area contributed by atoms with Crippen LogP contribution in [0.15, 0.2) is 103 Å². The zero-order chi connectivity index (χ0) is 31.7. The molecule has 0 saturated carbocycles. The van der Waals surface area contributed by atoms with Gasteiger partial charge in [0.1, 0.15) is 12.4 Å². The lowest BCUT2D eigenvalue weighted by Gasteiger charge is -2.26. The van der Waals surface area contributed by atoms with E-state index in [9.17, 15) is 9.18 Å². The Labute approximate surface area is 269 Å². The van der Waals surface area contributed by atoms with E-state index in [1.54, 1.807) is 7.11 Å². The zero-order valence-electron chi connectivity index (χ0n) is 26.2. The van der Waals surface area contributed by atoms with E-state index >= 15 is 0 Å². The number of rotatable bonds is 13. The number of halogens is 1. The van der Waals surface area contributed by atoms with Gasteiger partial charge in [0.05, 0.1) is 20.3 Å². The first kappa shape index (κ1) is 31.3. The fraction of sp³-hybridized carbons (Fsp3) is 0.289. The van der Waals surface area contributed by atoms with Gasteiger partial charge in [-0.1, -0.05) is 66.7 Å². The number of amides is 1. The summed E-state index contributed by atoms with van der Waals surface area (Å²) in [6.45, 7) is 5.58. The normalized spacial score (nSPS) is 14.2. The number of hydrogen-bond donors (Lipinski definition) is 1. The maximum Gasteiger partial charge on any atom is 0.220 e. The zero-order valence-corrected chi connectivity index (χ0v) is 26.2. The van der Waals surface area contributed by atoms with Crippen molar-refractivity contribution in [2.24, 2.45) is 0 Å². The first-order valence-electron chi connectivity index (χ1n) is 15.8. The molecule has 4 aromatic carbocycles. The van der Waals surface area contributed by atoms with Crippen molar-refractivity contribution >= 4 is 16.8 Å². The molecular formula is C38H40FN3O4. The van der Waals surface area contributed by atoms with Gasteiger partial charge < -0.3 is 24.1 Å². The summed E-state index contributed by atoms with van der Waals surface area (Å²) in [4.78, 5) is 15.8. The highest BCUT2D eigenvalue weighted by molar-refractivity contribution is 5.87. The van der Waals surface area contributed by atoms with Crippen LogP contribution in [-0.4, -0.2) is 61.9 Å². The number of nitrogens with zero attached hydrogens (tertiary/aromatic N) is 2. The van der Waals surface area contributed by atoms with Gasteiger partial charge in [0, 0.05) is 62.2 Å². The largest absolute Gasteiger partial charge is 0.493 e. The highest BCUT2D eigenvalue weighted by atomic mass is 19.1. The molecule has 5 aromatic rings. The molecule has 0 spiro atoms. The number of nitrogens with one attached hydrogen (secondary N) is 1. The summed E-state index contributed by atoms with van der Waals surface area (Å²) in [6.07, 6.45) is 2.40. The second-order valence-electron chi connectivity index (χ2n) is 11.6. The van der Waals surface area contributed by atoms with Crippen LogP contribution in [0.2, 0.25) is 0 Å². The third-order valence-electron chi connectivity index (χ3n) is 8.53. The standard InChI is InChI=1S/C38H40FN3O4/c1-44-37-23-30(13-16-36(37)46-27-29-7-3-2-4-8-29)33(24-38(43)40-17-18-41-19-21-45-22-20-41)34-26-42(35-10-6-5-9-32(34)35)25-28-11-14-31(39)15-12-28/h2-16,23,26,33H,17-22,24-25,27H2,1H3,(H,40,43). The Morgan fingerprint density at radius 2 is 1.67 bits per heavy atom. The summed E-state index contributed by atoms with van der Waals surface area (Å²) < 4.78 is 33.2. The molecule has 1 atom stereocenters. The molecule has 7 nitrogen and oxygen atoms in total. The van der Waals surface area contributed by atoms with Crippen LogP contribution >= 0.6 is 0 Å². The van der Waals surface area contributed by atoms with Crippen LogP contribution in [0.5, 0.6) is 11.5 Å². The third kappa shape index (κ3) is 7.76. The number of hydrogen-bond acceptors (Lipinski definition) is 5. The molecule has 1 N–H and O–H groups in total. The second kappa shape index (κ2) is 15.1. The van der Waals surface area contributed by atoms with Crippen LogP contribution in [0.3, 0.4) is 0 Å². The van der Waals surface area contributed by atoms with E-state index in [0.717, 1.165) is 66.0 Å². The molecule has 238 valence electrons. The average molecular weight is 622 g/mol. The predicted molar refractivity (Wildman–Crippen MR) is 178 cm³/mol. The SMILES string of the molecule is COc1cc(C(CC(=O)NCCN2CCOCC2)c2cn(Cc3ccc(F)cc3)c3ccccc23)ccc1OCc1ccccc1. The monoisotopic (exact) mass is 621 g/mol. The van der Waals surface area contributed by atoms with Crippen LogP contribution in [0.25, 0.3) is 10.9 Å². The van der Waals surface area contributed by atoms with Crippen molar-refractivity contribution in [1.82, 2.24) is 14.8 Å². The number of methoxy groups -OCH3 is 1. The van der Waals surface area contributed by atoms with Gasteiger partial charge in [0.15, 0.2) is 11.5 Å². The van der Waals surface area contributed by atoms with Gasteiger partial charge in [-0.15, -0.1) is 0 Å². The molecule has 1 saturated heterocycles. The molecule has 0 bridgehead atoms. The highest BCUT2D eigenvalue weighted by Crippen LogP contribution is 2.39. The van der Waals surface area contributed by atoms with Crippen LogP contribution < -0.4 is 14.8 Å². The van der Waals surface area contributed by atoms with E-state index in [1.165, 1.54) is 12.1 Å². The molecule has 1 amide bonds. The second-order valence-corrected chi connectivity index (χ2v) is 11.6. The summed E-state index contributed by atoms with van der Waals surface area (Å²) in [5.41, 5.74) is 5.11. The summed E-state index contributed by atoms with van der Waals surface area (Å²) in [7, 11) is 1.64. The Morgan fingerprint density at radius 3 is 2.46 bits per heavy atom. The van der Waals surface area contributed by atoms with E-state index in [1.807, 2.05) is 72.8 Å². The number of carbonyl (C=O) groups excluding carboxylic acids is 1. The molecule has 1 fully saturated rings. The minimum Gasteiger partial charge on any atom is -0.493 e. The topological polar surface area (TPSA) is 65.0 Å². The van der Waals surface area contributed by atoms with Gasteiger partial charge >= 0.3 is 0 Å². The Bertz CT molecular complexity index is 1730. The van der Waals surface area contributed by atoms with E-state index < -0.39 is 0 Å². The molecular weight excluding hydrogens is 581 g/mol. The lowest BCUT2D eigenvalue weighted by Crippen LogP contribution is -2.41. The van der Waals surface area contributed by atoms with Crippen LogP contribution in [0.4, 0.5) is 4.39 Å². The number of fused-ring (bicyclic) bond motifs is 1. The van der Waals surface area contributed by atoms with Crippen molar-refractivity contribution in [1.29, 1.82) is 0 Å². The minimum absolute atomic E-state index is 0.0167. The van der Waals surface area contributed by atoms with Crippen molar-refractivity contribution < 1.29 is 23.4 Å². The molecule has 8 heteroatoms. The predicted octanol–water partition coefficient (Wildman–Crippen LogP) is 6.39. The van der Waals surface area contributed by atoms with Crippen molar-refractivity contribution in [2.75, 3.05) is 46.5 Å². The van der Waals surface area contributed by atoms with Gasteiger partial charge in [-0.05, 0) is 52.6 Å². The number of carbonyl (C=O) groups is 1. The van der Waals surface area contributed by atoms with Crippen LogP contribution in [0.1, 0.15) is 34.6 Å². The van der Waals surface area contributed by atoms with Crippen molar-refractivity contribution in [2.45, 2.75) is 25.5 Å². The molecule has 6 rings (SSSR count). The number of aromatic nitrogens is 1.